The van der Waals surface area contributed by atoms with Gasteiger partial charge in [-0.2, -0.15) is 0 Å². The normalized spacial score (nSPS) is 16.3. The minimum Gasteiger partial charge on any atom is -0.497 e. The fourth-order valence-electron chi connectivity index (χ4n) is 4.86. The molecule has 10 nitrogen and oxygen atoms in total. The average molecular weight is 574 g/mol. The molecule has 3 aromatic rings. The van der Waals surface area contributed by atoms with Gasteiger partial charge in [0.05, 0.1) is 18.6 Å². The van der Waals surface area contributed by atoms with Crippen LogP contribution in [0.15, 0.2) is 78.9 Å². The van der Waals surface area contributed by atoms with Crippen molar-refractivity contribution in [2.45, 2.75) is 24.6 Å². The van der Waals surface area contributed by atoms with Gasteiger partial charge in [-0.15, -0.1) is 0 Å². The van der Waals surface area contributed by atoms with E-state index in [4.69, 9.17) is 4.74 Å². The van der Waals surface area contributed by atoms with Gasteiger partial charge in [-0.1, -0.05) is 54.6 Å². The first-order valence-electron chi connectivity index (χ1n) is 12.3. The lowest BCUT2D eigenvalue weighted by molar-refractivity contribution is -0.131. The molecule has 0 radical (unpaired) electrons. The highest BCUT2D eigenvalue weighted by atomic mass is 32.2. The van der Waals surface area contributed by atoms with Crippen molar-refractivity contribution in [2.24, 2.45) is 5.92 Å². The van der Waals surface area contributed by atoms with Crippen molar-refractivity contribution in [3.8, 4) is 16.9 Å². The molecule has 12 heteroatoms. The maximum atomic E-state index is 13.0. The van der Waals surface area contributed by atoms with E-state index in [0.29, 0.717) is 17.0 Å². The minimum atomic E-state index is -3.58. The van der Waals surface area contributed by atoms with Crippen LogP contribution in [0.5, 0.6) is 5.75 Å². The maximum absolute atomic E-state index is 13.0. The Hall–Kier alpha value is -3.29. The van der Waals surface area contributed by atoms with Crippen LogP contribution in [-0.2, 0) is 31.8 Å². The number of benzene rings is 3. The molecule has 1 aliphatic heterocycles. The van der Waals surface area contributed by atoms with E-state index in [1.54, 1.807) is 61.1 Å². The number of rotatable bonds is 10. The standard InChI is InChI=1S/C27H31N3O7S2/c1-37-25-13-9-22(10-14-25)21-7-11-24(12-8-21)30(38(33)34)26(27(31)28-32)23-15-17-29(18-16-23)39(35,36)19-20-5-3-2-4-6-20/h2-14,23,26,32H,15-19H2,1H3,(H,28,31)(H,33,34). The maximum Gasteiger partial charge on any atom is 0.267 e. The van der Waals surface area contributed by atoms with Gasteiger partial charge in [-0.3, -0.25) is 18.9 Å². The van der Waals surface area contributed by atoms with Gasteiger partial charge in [-0.05, 0) is 59.7 Å². The van der Waals surface area contributed by atoms with Crippen LogP contribution in [-0.4, -0.2) is 58.8 Å². The van der Waals surface area contributed by atoms with Gasteiger partial charge in [0.2, 0.25) is 10.0 Å². The third kappa shape index (κ3) is 6.84. The van der Waals surface area contributed by atoms with E-state index < -0.39 is 39.2 Å². The number of sulfonamides is 1. The number of carbonyl (C=O) groups is 1. The molecule has 0 bridgehead atoms. The van der Waals surface area contributed by atoms with E-state index in [2.05, 4.69) is 0 Å². The van der Waals surface area contributed by atoms with E-state index in [9.17, 15) is 27.2 Å². The molecule has 4 rings (SSSR count). The number of amides is 1. The van der Waals surface area contributed by atoms with Crippen LogP contribution >= 0.6 is 0 Å². The molecule has 1 fully saturated rings. The van der Waals surface area contributed by atoms with E-state index >= 15 is 0 Å². The van der Waals surface area contributed by atoms with E-state index in [-0.39, 0.29) is 31.7 Å². The molecule has 0 aromatic heterocycles. The predicted molar refractivity (Wildman–Crippen MR) is 149 cm³/mol. The summed E-state index contributed by atoms with van der Waals surface area (Å²) in [7, 11) is -2.00. The summed E-state index contributed by atoms with van der Waals surface area (Å²) in [5.74, 6) is -0.749. The Labute approximate surface area is 230 Å². The number of hydrogen-bond donors (Lipinski definition) is 3. The van der Waals surface area contributed by atoms with Crippen molar-refractivity contribution in [3.05, 3.63) is 84.4 Å². The monoisotopic (exact) mass is 573 g/mol. The van der Waals surface area contributed by atoms with Crippen LogP contribution in [0.25, 0.3) is 11.1 Å². The summed E-state index contributed by atoms with van der Waals surface area (Å²) in [6, 6.07) is 21.9. The first kappa shape index (κ1) is 28.7. The van der Waals surface area contributed by atoms with Crippen molar-refractivity contribution < 1.29 is 31.9 Å². The number of nitrogens with zero attached hydrogens (tertiary/aromatic N) is 2. The van der Waals surface area contributed by atoms with Gasteiger partial charge < -0.3 is 4.74 Å². The summed E-state index contributed by atoms with van der Waals surface area (Å²) in [4.78, 5) is 12.8. The number of methoxy groups -OCH3 is 1. The number of nitrogens with one attached hydrogen (secondary N) is 1. The molecule has 2 unspecified atom stereocenters. The summed E-state index contributed by atoms with van der Waals surface area (Å²) in [6.07, 6.45) is 0.535. The molecule has 1 saturated heterocycles. The zero-order valence-corrected chi connectivity index (χ0v) is 23.0. The Kier molecular flexibility index (Phi) is 9.36. The highest BCUT2D eigenvalue weighted by Gasteiger charge is 2.40. The number of ether oxygens (including phenoxy) is 1. The SMILES string of the molecule is COc1ccc(-c2ccc(N(C(C(=O)NO)C3CCN(S(=O)(=O)Cc4ccccc4)CC3)S(=O)O)cc2)cc1. The largest absolute Gasteiger partial charge is 0.497 e. The van der Waals surface area contributed by atoms with Crippen molar-refractivity contribution in [1.29, 1.82) is 0 Å². The minimum absolute atomic E-state index is 0.133. The number of hydroxylamine groups is 1. The van der Waals surface area contributed by atoms with Crippen molar-refractivity contribution in [1.82, 2.24) is 9.79 Å². The van der Waals surface area contributed by atoms with E-state index in [1.165, 1.54) is 4.31 Å². The molecular weight excluding hydrogens is 542 g/mol. The van der Waals surface area contributed by atoms with Gasteiger partial charge >= 0.3 is 0 Å². The van der Waals surface area contributed by atoms with Gasteiger partial charge in [0.25, 0.3) is 17.2 Å². The van der Waals surface area contributed by atoms with Crippen LogP contribution in [0, 0.1) is 5.92 Å². The summed E-state index contributed by atoms with van der Waals surface area (Å²) >= 11 is -2.60. The van der Waals surface area contributed by atoms with Crippen molar-refractivity contribution in [3.63, 3.8) is 0 Å². The summed E-state index contributed by atoms with van der Waals surface area (Å²) in [5.41, 5.74) is 4.37. The summed E-state index contributed by atoms with van der Waals surface area (Å²) in [5, 5.41) is 9.47. The molecule has 1 amide bonds. The first-order valence-corrected chi connectivity index (χ1v) is 15.0. The molecule has 3 aromatic carbocycles. The number of carbonyl (C=O) groups excluding carboxylic acids is 1. The van der Waals surface area contributed by atoms with Gasteiger partial charge in [-0.25, -0.2) is 22.4 Å². The third-order valence-corrected chi connectivity index (χ3v) is 9.50. The molecule has 1 aliphatic rings. The molecule has 0 aliphatic carbocycles. The lowest BCUT2D eigenvalue weighted by Gasteiger charge is -2.38. The highest BCUT2D eigenvalue weighted by molar-refractivity contribution is 7.88. The fourth-order valence-corrected chi connectivity index (χ4v) is 7.18. The van der Waals surface area contributed by atoms with Crippen LogP contribution in [0.1, 0.15) is 18.4 Å². The Bertz CT molecular complexity index is 1380. The predicted octanol–water partition coefficient (Wildman–Crippen LogP) is 3.42. The first-order chi connectivity index (χ1) is 18.7. The fraction of sp³-hybridized carbons (Fsp3) is 0.296. The average Bonchev–Trinajstić information content (AvgIpc) is 2.96. The second-order valence-corrected chi connectivity index (χ2v) is 12.1. The molecule has 0 spiro atoms. The van der Waals surface area contributed by atoms with Gasteiger partial charge in [0.1, 0.15) is 11.8 Å². The molecule has 2 atom stereocenters. The zero-order valence-electron chi connectivity index (χ0n) is 21.3. The topological polar surface area (TPSA) is 136 Å². The second-order valence-electron chi connectivity index (χ2n) is 9.23. The smallest absolute Gasteiger partial charge is 0.267 e. The van der Waals surface area contributed by atoms with Crippen LogP contribution in [0.3, 0.4) is 0 Å². The molecule has 3 N–H and O–H groups in total. The molecule has 1 heterocycles. The highest BCUT2D eigenvalue weighted by Crippen LogP contribution is 2.32. The van der Waals surface area contributed by atoms with Gasteiger partial charge in [0, 0.05) is 13.1 Å². The van der Waals surface area contributed by atoms with Crippen molar-refractivity contribution >= 4 is 32.9 Å². The summed E-state index contributed by atoms with van der Waals surface area (Å²) < 4.78 is 56.3. The summed E-state index contributed by atoms with van der Waals surface area (Å²) in [6.45, 7) is 0.300. The van der Waals surface area contributed by atoms with Crippen LogP contribution in [0.4, 0.5) is 5.69 Å². The molecule has 208 valence electrons. The number of hydrogen-bond acceptors (Lipinski definition) is 6. The Morgan fingerprint density at radius 3 is 2.10 bits per heavy atom. The van der Waals surface area contributed by atoms with Crippen LogP contribution < -0.4 is 14.5 Å². The Morgan fingerprint density at radius 2 is 1.59 bits per heavy atom. The number of piperidine rings is 1. The van der Waals surface area contributed by atoms with Gasteiger partial charge in [0.15, 0.2) is 0 Å². The molecular formula is C27H31N3O7S2. The number of anilines is 1. The Morgan fingerprint density at radius 1 is 1.03 bits per heavy atom. The molecule has 0 saturated carbocycles. The quantitative estimate of drug-likeness (QED) is 0.192. The van der Waals surface area contributed by atoms with E-state index in [0.717, 1.165) is 15.4 Å². The second kappa shape index (κ2) is 12.7. The molecule has 39 heavy (non-hydrogen) atoms. The lowest BCUT2D eigenvalue weighted by Crippen LogP contribution is -2.54. The third-order valence-electron chi connectivity index (χ3n) is 6.88. The zero-order chi connectivity index (χ0) is 28.0. The Balaban J connectivity index is 1.52. The lowest BCUT2D eigenvalue weighted by atomic mass is 9.89. The van der Waals surface area contributed by atoms with Crippen LogP contribution in [0.2, 0.25) is 0 Å². The van der Waals surface area contributed by atoms with Crippen molar-refractivity contribution in [2.75, 3.05) is 24.5 Å². The van der Waals surface area contributed by atoms with E-state index in [1.807, 2.05) is 30.3 Å².